The zero-order chi connectivity index (χ0) is 59.1. The van der Waals surface area contributed by atoms with Crippen LogP contribution in [0.15, 0.2) is 122 Å². The van der Waals surface area contributed by atoms with Crippen LogP contribution in [0.4, 0.5) is 0 Å². The summed E-state index contributed by atoms with van der Waals surface area (Å²) in [6.45, 7) is 4.74. The Bertz CT molecular complexity index is 1740. The van der Waals surface area contributed by atoms with Crippen LogP contribution in [0.5, 0.6) is 0 Å². The number of nitrogens with zero attached hydrogens (tertiary/aromatic N) is 1. The van der Waals surface area contributed by atoms with E-state index in [4.69, 9.17) is 18.9 Å². The van der Waals surface area contributed by atoms with E-state index >= 15 is 0 Å². The molecule has 0 aliphatic heterocycles. The standard InChI is InChI=1S/C72H121NO8/c1-6-8-10-12-14-16-18-20-22-24-26-28-30-32-33-34-35-36-37-39-41-43-45-47-49-51-53-55-57-59-61-63-70(75)81-68(67-80-72(71(76)77)78-65-64-73(3,4)5)66-79-69(74)62-60-58-56-54-52-50-48-46-44-42-40-38-31-29-27-25-23-21-19-17-15-13-11-9-7-2/h8,10,14,16,19-22,25-28,31-33,35-36,38-39,41,68,72H,6-7,9,11-13,15,17-18,23-24,29-30,34,37,40,42-67H2,1-5H3/p+1/b10-8-,16-14-,21-19-,22-20-,27-25-,28-26-,33-32-,36-35-,38-31-,41-39-. The van der Waals surface area contributed by atoms with Crippen molar-refractivity contribution in [1.29, 1.82) is 0 Å². The monoisotopic (exact) mass is 1130 g/mol. The molecule has 81 heavy (non-hydrogen) atoms. The Morgan fingerprint density at radius 2 is 0.704 bits per heavy atom. The number of hydrogen-bond donors (Lipinski definition) is 1. The van der Waals surface area contributed by atoms with Crippen molar-refractivity contribution in [1.82, 2.24) is 0 Å². The number of rotatable bonds is 59. The Morgan fingerprint density at radius 1 is 0.383 bits per heavy atom. The SMILES string of the molecule is CC/C=C\C/C=C\C/C=C\C/C=C\C/C=C\C/C=C\C/C=C\CCCCCCCCCCCC(=O)OC(COC(=O)CCCCCCCCCCCC/C=C\C/C=C\C/C=C\CCCCCCC)COC(OCC[N+](C)(C)C)C(=O)O. The van der Waals surface area contributed by atoms with E-state index in [0.717, 1.165) is 103 Å². The molecule has 2 unspecified atom stereocenters. The maximum atomic E-state index is 12.9. The molecule has 0 amide bonds. The fourth-order valence-electron chi connectivity index (χ4n) is 8.71. The summed E-state index contributed by atoms with van der Waals surface area (Å²) in [5.74, 6) is -2.02. The minimum atomic E-state index is -1.52. The van der Waals surface area contributed by atoms with Gasteiger partial charge in [0.05, 0.1) is 34.4 Å². The molecule has 1 N–H and O–H groups in total. The molecule has 0 aromatic rings. The van der Waals surface area contributed by atoms with Crippen molar-refractivity contribution in [2.45, 2.75) is 270 Å². The zero-order valence-corrected chi connectivity index (χ0v) is 52.7. The van der Waals surface area contributed by atoms with Crippen molar-refractivity contribution in [2.75, 3.05) is 47.5 Å². The van der Waals surface area contributed by atoms with Crippen LogP contribution < -0.4 is 0 Å². The van der Waals surface area contributed by atoms with Crippen LogP contribution in [-0.4, -0.2) is 87.4 Å². The van der Waals surface area contributed by atoms with Gasteiger partial charge in [0.15, 0.2) is 6.10 Å². The van der Waals surface area contributed by atoms with Crippen molar-refractivity contribution >= 4 is 17.9 Å². The number of ether oxygens (including phenoxy) is 4. The molecule has 9 nitrogen and oxygen atoms in total. The number of esters is 2. The molecule has 462 valence electrons. The molecule has 0 rings (SSSR count). The van der Waals surface area contributed by atoms with Crippen LogP contribution in [0.3, 0.4) is 0 Å². The van der Waals surface area contributed by atoms with Gasteiger partial charge in [0.2, 0.25) is 0 Å². The van der Waals surface area contributed by atoms with Crippen LogP contribution in [0.25, 0.3) is 0 Å². The highest BCUT2D eigenvalue weighted by molar-refractivity contribution is 5.71. The highest BCUT2D eigenvalue weighted by Gasteiger charge is 2.25. The third-order valence-corrected chi connectivity index (χ3v) is 13.7. The van der Waals surface area contributed by atoms with Crippen LogP contribution in [0.1, 0.15) is 258 Å². The van der Waals surface area contributed by atoms with E-state index in [1.807, 2.05) is 21.1 Å². The number of carbonyl (C=O) groups is 3. The highest BCUT2D eigenvalue weighted by atomic mass is 16.7. The Labute approximate surface area is 497 Å². The second-order valence-electron chi connectivity index (χ2n) is 22.7. The van der Waals surface area contributed by atoms with Crippen LogP contribution in [0, 0.1) is 0 Å². The number of hydrogen-bond acceptors (Lipinski definition) is 7. The fourth-order valence-corrected chi connectivity index (χ4v) is 8.71. The maximum absolute atomic E-state index is 12.9. The summed E-state index contributed by atoms with van der Waals surface area (Å²) in [5.41, 5.74) is 0. The lowest BCUT2D eigenvalue weighted by atomic mass is 10.0. The lowest BCUT2D eigenvalue weighted by Crippen LogP contribution is -2.40. The van der Waals surface area contributed by atoms with Gasteiger partial charge in [0.25, 0.3) is 6.29 Å². The minimum absolute atomic E-state index is 0.180. The van der Waals surface area contributed by atoms with Gasteiger partial charge in [-0.25, -0.2) is 4.79 Å². The number of allylic oxidation sites excluding steroid dienone is 20. The van der Waals surface area contributed by atoms with Gasteiger partial charge in [0, 0.05) is 12.8 Å². The van der Waals surface area contributed by atoms with Gasteiger partial charge < -0.3 is 28.5 Å². The maximum Gasteiger partial charge on any atom is 0.361 e. The molecule has 0 aliphatic carbocycles. The van der Waals surface area contributed by atoms with E-state index in [-0.39, 0.29) is 32.2 Å². The Balaban J connectivity index is 4.23. The van der Waals surface area contributed by atoms with Gasteiger partial charge >= 0.3 is 17.9 Å². The molecule has 0 spiro atoms. The van der Waals surface area contributed by atoms with Crippen molar-refractivity contribution in [3.63, 3.8) is 0 Å². The average Bonchev–Trinajstić information content (AvgIpc) is 3.44. The second kappa shape index (κ2) is 61.8. The zero-order valence-electron chi connectivity index (χ0n) is 52.7. The molecule has 0 aliphatic rings. The first-order valence-corrected chi connectivity index (χ1v) is 32.7. The van der Waals surface area contributed by atoms with Gasteiger partial charge in [-0.3, -0.25) is 9.59 Å². The molecule has 0 aromatic heterocycles. The molecule has 0 aromatic carbocycles. The summed E-state index contributed by atoms with van der Waals surface area (Å²) < 4.78 is 22.9. The van der Waals surface area contributed by atoms with Gasteiger partial charge in [0.1, 0.15) is 13.2 Å². The predicted octanol–water partition coefficient (Wildman–Crippen LogP) is 20.0. The summed E-state index contributed by atoms with van der Waals surface area (Å²) in [6.07, 6.45) is 84.2. The molecule has 0 heterocycles. The smallest absolute Gasteiger partial charge is 0.361 e. The first kappa shape index (κ1) is 76.7. The fraction of sp³-hybridized carbons (Fsp3) is 0.681. The molecule has 0 saturated heterocycles. The van der Waals surface area contributed by atoms with Gasteiger partial charge in [-0.05, 0) is 109 Å². The largest absolute Gasteiger partial charge is 0.477 e. The topological polar surface area (TPSA) is 108 Å². The van der Waals surface area contributed by atoms with E-state index < -0.39 is 24.3 Å². The second-order valence-corrected chi connectivity index (χ2v) is 22.7. The van der Waals surface area contributed by atoms with Gasteiger partial charge in [-0.1, -0.05) is 257 Å². The summed E-state index contributed by atoms with van der Waals surface area (Å²) in [6, 6.07) is 0. The van der Waals surface area contributed by atoms with E-state index in [2.05, 4.69) is 135 Å². The summed E-state index contributed by atoms with van der Waals surface area (Å²) in [5, 5.41) is 9.73. The number of unbranched alkanes of at least 4 members (excludes halogenated alkanes) is 24. The molecule has 9 heteroatoms. The molecule has 0 bridgehead atoms. The quantitative estimate of drug-likeness (QED) is 0.0211. The average molecular weight is 1130 g/mol. The number of likely N-dealkylation sites (N-methyl/N-ethyl adjacent to an activating group) is 1. The van der Waals surface area contributed by atoms with E-state index in [1.165, 1.54) is 122 Å². The Kier molecular flexibility index (Phi) is 58.5. The van der Waals surface area contributed by atoms with Crippen LogP contribution in [-0.2, 0) is 33.3 Å². The number of aliphatic carboxylic acids is 1. The van der Waals surface area contributed by atoms with E-state index in [1.54, 1.807) is 0 Å². The molecule has 0 radical (unpaired) electrons. The molecule has 0 saturated carbocycles. The lowest BCUT2D eigenvalue weighted by Gasteiger charge is -2.25. The van der Waals surface area contributed by atoms with Crippen molar-refractivity contribution in [2.24, 2.45) is 0 Å². The van der Waals surface area contributed by atoms with Crippen LogP contribution >= 0.6 is 0 Å². The summed E-state index contributed by atoms with van der Waals surface area (Å²) in [4.78, 5) is 37.6. The van der Waals surface area contributed by atoms with Gasteiger partial charge in [-0.2, -0.15) is 0 Å². The molecule has 0 fully saturated rings. The number of carboxylic acids is 1. The molecular weight excluding hydrogens is 1010 g/mol. The summed E-state index contributed by atoms with van der Waals surface area (Å²) in [7, 11) is 5.96. The Morgan fingerprint density at radius 3 is 1.05 bits per heavy atom. The molecule has 2 atom stereocenters. The number of quaternary nitrogens is 1. The van der Waals surface area contributed by atoms with E-state index in [0.29, 0.717) is 23.9 Å². The third kappa shape index (κ3) is 63.1. The predicted molar refractivity (Wildman–Crippen MR) is 345 cm³/mol. The van der Waals surface area contributed by atoms with Crippen molar-refractivity contribution in [3.05, 3.63) is 122 Å². The van der Waals surface area contributed by atoms with Crippen molar-refractivity contribution in [3.8, 4) is 0 Å². The van der Waals surface area contributed by atoms with Crippen LogP contribution in [0.2, 0.25) is 0 Å². The third-order valence-electron chi connectivity index (χ3n) is 13.7. The Hall–Kier alpha value is -4.31. The first-order chi connectivity index (χ1) is 39.6. The van der Waals surface area contributed by atoms with E-state index in [9.17, 15) is 19.5 Å². The summed E-state index contributed by atoms with van der Waals surface area (Å²) >= 11 is 0. The lowest BCUT2D eigenvalue weighted by molar-refractivity contribution is -0.870. The number of carboxylic acid groups (broad SMARTS) is 1. The highest BCUT2D eigenvalue weighted by Crippen LogP contribution is 2.16. The number of carbonyl (C=O) groups excluding carboxylic acids is 2. The minimum Gasteiger partial charge on any atom is -0.477 e. The molecular formula is C72H122NO8+. The first-order valence-electron chi connectivity index (χ1n) is 32.7. The van der Waals surface area contributed by atoms with Crippen molar-refractivity contribution < 1.29 is 42.9 Å². The normalized spacial score (nSPS) is 13.5. The van der Waals surface area contributed by atoms with Gasteiger partial charge in [-0.15, -0.1) is 0 Å².